The van der Waals surface area contributed by atoms with Crippen molar-refractivity contribution in [2.45, 2.75) is 25.5 Å². The summed E-state index contributed by atoms with van der Waals surface area (Å²) in [7, 11) is 0. The van der Waals surface area contributed by atoms with Crippen molar-refractivity contribution >= 4 is 34.2 Å². The Morgan fingerprint density at radius 1 is 1.38 bits per heavy atom. The average Bonchev–Trinajstić information content (AvgIpc) is 3.03. The predicted molar refractivity (Wildman–Crippen MR) is 97.8 cm³/mol. The van der Waals surface area contributed by atoms with Crippen molar-refractivity contribution in [2.75, 3.05) is 13.1 Å². The molecule has 0 bridgehead atoms. The lowest BCUT2D eigenvalue weighted by atomic mass is 10.1. The van der Waals surface area contributed by atoms with Crippen LogP contribution in [0.2, 0.25) is 0 Å². The van der Waals surface area contributed by atoms with E-state index in [0.717, 1.165) is 36.2 Å². The van der Waals surface area contributed by atoms with Gasteiger partial charge in [-0.1, -0.05) is 22.0 Å². The van der Waals surface area contributed by atoms with Gasteiger partial charge in [-0.25, -0.2) is 0 Å². The third-order valence-electron chi connectivity index (χ3n) is 3.69. The fourth-order valence-corrected chi connectivity index (χ4v) is 2.90. The van der Waals surface area contributed by atoms with E-state index >= 15 is 0 Å². The van der Waals surface area contributed by atoms with Gasteiger partial charge in [0, 0.05) is 17.1 Å². The number of nitrogens with one attached hydrogen (secondary N) is 2. The van der Waals surface area contributed by atoms with Crippen LogP contribution >= 0.6 is 28.3 Å². The molecule has 5 nitrogen and oxygen atoms in total. The molecule has 1 aliphatic rings. The van der Waals surface area contributed by atoms with Gasteiger partial charge in [0.15, 0.2) is 5.76 Å². The second kappa shape index (κ2) is 9.11. The Morgan fingerprint density at radius 3 is 3.00 bits per heavy atom. The van der Waals surface area contributed by atoms with E-state index in [0.29, 0.717) is 11.5 Å². The summed E-state index contributed by atoms with van der Waals surface area (Å²) >= 11 is 3.40. The van der Waals surface area contributed by atoms with E-state index in [1.165, 1.54) is 0 Å². The molecular weight excluding hydrogens is 396 g/mol. The van der Waals surface area contributed by atoms with Crippen LogP contribution in [0.25, 0.3) is 0 Å². The summed E-state index contributed by atoms with van der Waals surface area (Å²) in [6.45, 7) is 2.12. The summed E-state index contributed by atoms with van der Waals surface area (Å²) in [5, 5.41) is 6.26. The molecule has 1 aliphatic heterocycles. The van der Waals surface area contributed by atoms with Crippen LogP contribution in [0, 0.1) is 0 Å². The fourth-order valence-electron chi connectivity index (χ4n) is 2.52. The van der Waals surface area contributed by atoms with Crippen molar-refractivity contribution in [1.29, 1.82) is 0 Å². The molecule has 130 valence electrons. The van der Waals surface area contributed by atoms with Crippen molar-refractivity contribution in [1.82, 2.24) is 10.6 Å². The normalized spacial score (nSPS) is 17.0. The molecule has 24 heavy (non-hydrogen) atoms. The number of hydrogen-bond donors (Lipinski definition) is 2. The van der Waals surface area contributed by atoms with Gasteiger partial charge in [-0.2, -0.15) is 0 Å². The lowest BCUT2D eigenvalue weighted by Crippen LogP contribution is -2.45. The molecule has 1 aromatic carbocycles. The molecule has 0 unspecified atom stereocenters. The number of hydrogen-bond acceptors (Lipinski definition) is 4. The van der Waals surface area contributed by atoms with Gasteiger partial charge in [-0.05, 0) is 49.7 Å². The maximum Gasteiger partial charge on any atom is 0.287 e. The Kier molecular flexibility index (Phi) is 7.15. The quantitative estimate of drug-likeness (QED) is 0.784. The molecule has 0 saturated carbocycles. The van der Waals surface area contributed by atoms with E-state index in [4.69, 9.17) is 9.15 Å². The van der Waals surface area contributed by atoms with Crippen molar-refractivity contribution in [3.05, 3.63) is 52.4 Å². The molecule has 2 heterocycles. The highest BCUT2D eigenvalue weighted by Crippen LogP contribution is 2.19. The zero-order chi connectivity index (χ0) is 16.1. The molecule has 0 radical (unpaired) electrons. The van der Waals surface area contributed by atoms with E-state index in [-0.39, 0.29) is 31.0 Å². The Labute approximate surface area is 155 Å². The molecule has 1 fully saturated rings. The summed E-state index contributed by atoms with van der Waals surface area (Å²) in [5.74, 6) is 1.52. The van der Waals surface area contributed by atoms with Crippen LogP contribution < -0.4 is 15.4 Å². The van der Waals surface area contributed by atoms with Gasteiger partial charge in [0.2, 0.25) is 0 Å². The Bertz CT molecular complexity index is 671. The fraction of sp³-hybridized carbons (Fsp3) is 0.353. The van der Waals surface area contributed by atoms with Crippen LogP contribution in [0.4, 0.5) is 0 Å². The van der Waals surface area contributed by atoms with Gasteiger partial charge in [-0.3, -0.25) is 4.79 Å². The third kappa shape index (κ3) is 5.26. The number of furan rings is 1. The zero-order valence-electron chi connectivity index (χ0n) is 13.1. The number of carbonyl (C=O) groups excluding carboxylic acids is 1. The standard InChI is InChI=1S/C17H19BrN2O3.ClH/c18-12-3-1-5-14(9-12)22-11-15-6-7-16(23-15)17(21)20-13-4-2-8-19-10-13;/h1,3,5-7,9,13,19H,2,4,8,10-11H2,(H,20,21);1H/t13-;/m0./s1. The minimum atomic E-state index is -0.174. The smallest absolute Gasteiger partial charge is 0.287 e. The topological polar surface area (TPSA) is 63.5 Å². The minimum Gasteiger partial charge on any atom is -0.486 e. The van der Waals surface area contributed by atoms with Gasteiger partial charge in [-0.15, -0.1) is 12.4 Å². The molecule has 1 amide bonds. The number of halogens is 2. The van der Waals surface area contributed by atoms with Crippen LogP contribution in [-0.2, 0) is 6.61 Å². The van der Waals surface area contributed by atoms with Crippen LogP contribution in [0.1, 0.15) is 29.2 Å². The largest absolute Gasteiger partial charge is 0.486 e. The Morgan fingerprint density at radius 2 is 2.25 bits per heavy atom. The van der Waals surface area contributed by atoms with E-state index in [1.807, 2.05) is 24.3 Å². The molecule has 1 saturated heterocycles. The first-order valence-corrected chi connectivity index (χ1v) is 8.49. The number of benzene rings is 1. The van der Waals surface area contributed by atoms with Crippen molar-refractivity contribution in [3.8, 4) is 5.75 Å². The maximum absolute atomic E-state index is 12.2. The average molecular weight is 416 g/mol. The SMILES string of the molecule is Cl.O=C(N[C@H]1CCCNC1)c1ccc(COc2cccc(Br)c2)o1. The van der Waals surface area contributed by atoms with E-state index in [2.05, 4.69) is 26.6 Å². The van der Waals surface area contributed by atoms with Gasteiger partial charge < -0.3 is 19.8 Å². The van der Waals surface area contributed by atoms with Gasteiger partial charge in [0.05, 0.1) is 0 Å². The lowest BCUT2D eigenvalue weighted by Gasteiger charge is -2.23. The second-order valence-electron chi connectivity index (χ2n) is 5.53. The highest BCUT2D eigenvalue weighted by Gasteiger charge is 2.18. The van der Waals surface area contributed by atoms with Crippen LogP contribution in [0.5, 0.6) is 5.75 Å². The molecule has 7 heteroatoms. The molecular formula is C17H20BrClN2O3. The summed E-state index contributed by atoms with van der Waals surface area (Å²) in [6, 6.07) is 11.2. The van der Waals surface area contributed by atoms with E-state index in [1.54, 1.807) is 12.1 Å². The highest BCUT2D eigenvalue weighted by molar-refractivity contribution is 9.10. The molecule has 1 atom stereocenters. The predicted octanol–water partition coefficient (Wildman–Crippen LogP) is 3.52. The molecule has 0 aliphatic carbocycles. The van der Waals surface area contributed by atoms with Gasteiger partial charge >= 0.3 is 0 Å². The summed E-state index contributed by atoms with van der Waals surface area (Å²) in [5.41, 5.74) is 0. The van der Waals surface area contributed by atoms with E-state index in [9.17, 15) is 4.79 Å². The summed E-state index contributed by atoms with van der Waals surface area (Å²) < 4.78 is 12.2. The number of rotatable bonds is 5. The Hall–Kier alpha value is -1.50. The minimum absolute atomic E-state index is 0. The summed E-state index contributed by atoms with van der Waals surface area (Å²) in [4.78, 5) is 12.2. The second-order valence-corrected chi connectivity index (χ2v) is 6.44. The van der Waals surface area contributed by atoms with Gasteiger partial charge in [0.1, 0.15) is 18.1 Å². The van der Waals surface area contributed by atoms with Crippen LogP contribution in [0.15, 0.2) is 45.3 Å². The molecule has 0 spiro atoms. The molecule has 1 aromatic heterocycles. The number of ether oxygens (including phenoxy) is 1. The Balaban J connectivity index is 0.00000208. The van der Waals surface area contributed by atoms with Crippen molar-refractivity contribution < 1.29 is 13.9 Å². The molecule has 3 rings (SSSR count). The zero-order valence-corrected chi connectivity index (χ0v) is 15.5. The van der Waals surface area contributed by atoms with Crippen LogP contribution in [0.3, 0.4) is 0 Å². The van der Waals surface area contributed by atoms with Crippen LogP contribution in [-0.4, -0.2) is 25.0 Å². The maximum atomic E-state index is 12.2. The monoisotopic (exact) mass is 414 g/mol. The van der Waals surface area contributed by atoms with Crippen molar-refractivity contribution in [3.63, 3.8) is 0 Å². The van der Waals surface area contributed by atoms with E-state index < -0.39 is 0 Å². The summed E-state index contributed by atoms with van der Waals surface area (Å²) in [6.07, 6.45) is 2.08. The number of carbonyl (C=O) groups is 1. The molecule has 2 N–H and O–H groups in total. The first kappa shape index (κ1) is 18.8. The number of amides is 1. The van der Waals surface area contributed by atoms with Gasteiger partial charge in [0.25, 0.3) is 5.91 Å². The van der Waals surface area contributed by atoms with Crippen molar-refractivity contribution in [2.24, 2.45) is 0 Å². The first-order valence-electron chi connectivity index (χ1n) is 7.69. The number of piperidine rings is 1. The third-order valence-corrected chi connectivity index (χ3v) is 4.19. The highest BCUT2D eigenvalue weighted by atomic mass is 79.9. The first-order chi connectivity index (χ1) is 11.2. The molecule has 2 aromatic rings. The lowest BCUT2D eigenvalue weighted by molar-refractivity contribution is 0.0898.